The van der Waals surface area contributed by atoms with Crippen LogP contribution in [0.3, 0.4) is 0 Å². The van der Waals surface area contributed by atoms with Crippen LogP contribution in [0.5, 0.6) is 0 Å². The van der Waals surface area contributed by atoms with Gasteiger partial charge in [-0.2, -0.15) is 5.06 Å². The van der Waals surface area contributed by atoms with Crippen LogP contribution in [-0.4, -0.2) is 97.7 Å². The molecule has 0 bridgehead atoms. The topological polar surface area (TPSA) is 97.9 Å². The van der Waals surface area contributed by atoms with E-state index in [0.29, 0.717) is 39.2 Å². The molecule has 1 atom stereocenters. The van der Waals surface area contributed by atoms with E-state index in [9.17, 15) is 14.4 Å². The van der Waals surface area contributed by atoms with E-state index in [1.54, 1.807) is 12.0 Å². The van der Waals surface area contributed by atoms with Gasteiger partial charge in [-0.3, -0.25) is 9.59 Å². The molecule has 0 aliphatic carbocycles. The van der Waals surface area contributed by atoms with Crippen LogP contribution in [0, 0.1) is 5.92 Å². The molecule has 3 amide bonds. The average molecular weight is 399 g/mol. The van der Waals surface area contributed by atoms with Gasteiger partial charge in [0, 0.05) is 39.7 Å². The molecule has 3 heterocycles. The van der Waals surface area contributed by atoms with Crippen LogP contribution in [0.25, 0.3) is 0 Å². The fourth-order valence-corrected chi connectivity index (χ4v) is 3.59. The van der Waals surface area contributed by atoms with Gasteiger partial charge in [0.25, 0.3) is 5.91 Å². The van der Waals surface area contributed by atoms with Gasteiger partial charge in [-0.05, 0) is 5.92 Å². The number of amides is 3. The quantitative estimate of drug-likeness (QED) is 0.652. The molecule has 0 saturated carbocycles. The Kier molecular flexibility index (Phi) is 6.41. The zero-order valence-corrected chi connectivity index (χ0v) is 16.7. The highest BCUT2D eigenvalue weighted by molar-refractivity contribution is 5.92. The Morgan fingerprint density at radius 2 is 2.00 bits per heavy atom. The lowest BCUT2D eigenvalue weighted by Gasteiger charge is -2.53. The third-order valence-corrected chi connectivity index (χ3v) is 5.18. The summed E-state index contributed by atoms with van der Waals surface area (Å²) < 4.78 is 15.8. The van der Waals surface area contributed by atoms with Crippen LogP contribution in [-0.2, 0) is 28.6 Å². The second kappa shape index (κ2) is 8.62. The van der Waals surface area contributed by atoms with Crippen LogP contribution in [0.1, 0.15) is 26.7 Å². The van der Waals surface area contributed by atoms with Crippen molar-refractivity contribution in [1.29, 1.82) is 0 Å². The first-order valence-corrected chi connectivity index (χ1v) is 9.68. The molecule has 10 heteroatoms. The minimum Gasteiger partial charge on any atom is -0.448 e. The molecule has 0 aromatic rings. The van der Waals surface area contributed by atoms with Crippen molar-refractivity contribution in [3.05, 3.63) is 0 Å². The third kappa shape index (κ3) is 4.08. The van der Waals surface area contributed by atoms with E-state index in [1.807, 2.05) is 13.8 Å². The first kappa shape index (κ1) is 20.8. The van der Waals surface area contributed by atoms with Gasteiger partial charge < -0.3 is 24.0 Å². The van der Waals surface area contributed by atoms with E-state index in [4.69, 9.17) is 19.0 Å². The van der Waals surface area contributed by atoms with Gasteiger partial charge in [0.1, 0.15) is 6.54 Å². The van der Waals surface area contributed by atoms with E-state index >= 15 is 0 Å². The molecule has 3 saturated heterocycles. The van der Waals surface area contributed by atoms with Gasteiger partial charge in [-0.1, -0.05) is 13.8 Å². The summed E-state index contributed by atoms with van der Waals surface area (Å²) in [5, 5.41) is 1.14. The fraction of sp³-hybridized carbons (Fsp3) is 0.833. The van der Waals surface area contributed by atoms with Gasteiger partial charge in [-0.25, -0.2) is 9.63 Å². The minimum atomic E-state index is -1.19. The number of hydrogen-bond donors (Lipinski definition) is 0. The summed E-state index contributed by atoms with van der Waals surface area (Å²) in [5.74, 6) is -0.288. The highest BCUT2D eigenvalue weighted by atomic mass is 16.8. The zero-order chi connectivity index (χ0) is 20.3. The molecule has 0 radical (unpaired) electrons. The average Bonchev–Trinajstić information content (AvgIpc) is 2.68. The minimum absolute atomic E-state index is 0.104. The number of rotatable bonds is 5. The van der Waals surface area contributed by atoms with Crippen molar-refractivity contribution >= 4 is 17.9 Å². The first-order valence-electron chi connectivity index (χ1n) is 9.68. The van der Waals surface area contributed by atoms with Gasteiger partial charge in [0.15, 0.2) is 11.8 Å². The molecule has 0 aromatic carbocycles. The third-order valence-electron chi connectivity index (χ3n) is 5.18. The number of hydrogen-bond acceptors (Lipinski definition) is 7. The van der Waals surface area contributed by atoms with Crippen molar-refractivity contribution in [2.24, 2.45) is 5.92 Å². The van der Waals surface area contributed by atoms with Gasteiger partial charge >= 0.3 is 6.09 Å². The number of ether oxygens (including phenoxy) is 3. The predicted octanol–water partition coefficient (Wildman–Crippen LogP) is 0.219. The molecule has 158 valence electrons. The predicted molar refractivity (Wildman–Crippen MR) is 95.9 cm³/mol. The van der Waals surface area contributed by atoms with Crippen LogP contribution < -0.4 is 0 Å². The van der Waals surface area contributed by atoms with Crippen LogP contribution >= 0.6 is 0 Å². The molecule has 10 nitrogen and oxygen atoms in total. The van der Waals surface area contributed by atoms with E-state index in [-0.39, 0.29) is 37.4 Å². The summed E-state index contributed by atoms with van der Waals surface area (Å²) in [7, 11) is 1.55. The second-order valence-electron chi connectivity index (χ2n) is 7.74. The maximum Gasteiger partial charge on any atom is 0.436 e. The summed E-state index contributed by atoms with van der Waals surface area (Å²) in [6.45, 7) is 5.61. The molecule has 3 fully saturated rings. The Labute approximate surface area is 164 Å². The SMILES string of the molecule is COCCN1CC2N(CC1=O)C(=O)C1(CCOCC1)ON2C(=O)OCC(C)C. The van der Waals surface area contributed by atoms with E-state index < -0.39 is 17.9 Å². The number of hydroxylamine groups is 2. The molecule has 3 aliphatic heterocycles. The molecule has 0 N–H and O–H groups in total. The monoisotopic (exact) mass is 399 g/mol. The molecule has 3 rings (SSSR count). The maximum atomic E-state index is 13.2. The van der Waals surface area contributed by atoms with Crippen LogP contribution in [0.15, 0.2) is 0 Å². The molecule has 3 aliphatic rings. The molecule has 0 aromatic heterocycles. The Bertz CT molecular complexity index is 606. The smallest absolute Gasteiger partial charge is 0.436 e. The van der Waals surface area contributed by atoms with E-state index in [1.165, 1.54) is 4.90 Å². The van der Waals surface area contributed by atoms with Crippen molar-refractivity contribution in [1.82, 2.24) is 14.9 Å². The number of carbonyl (C=O) groups excluding carboxylic acids is 3. The number of methoxy groups -OCH3 is 1. The summed E-state index contributed by atoms with van der Waals surface area (Å²) >= 11 is 0. The fourth-order valence-electron chi connectivity index (χ4n) is 3.59. The van der Waals surface area contributed by atoms with Gasteiger partial charge in [0.2, 0.25) is 5.91 Å². The lowest BCUT2D eigenvalue weighted by atomic mass is 9.91. The summed E-state index contributed by atoms with van der Waals surface area (Å²) in [5.41, 5.74) is -1.19. The van der Waals surface area contributed by atoms with Crippen LogP contribution in [0.2, 0.25) is 0 Å². The highest BCUT2D eigenvalue weighted by Gasteiger charge is 2.57. The molecule has 1 spiro atoms. The lowest BCUT2D eigenvalue weighted by molar-refractivity contribution is -0.305. The summed E-state index contributed by atoms with van der Waals surface area (Å²) in [4.78, 5) is 47.5. The summed E-state index contributed by atoms with van der Waals surface area (Å²) in [6.07, 6.45) is -0.729. The standard InChI is InChI=1S/C18H29N3O7/c1-13(2)12-27-17(24)21-14-10-19(6-9-25-3)15(22)11-20(14)16(23)18(28-21)4-7-26-8-5-18/h13-14H,4-12H2,1-3H3. The van der Waals surface area contributed by atoms with Crippen molar-refractivity contribution in [3.8, 4) is 0 Å². The molecular weight excluding hydrogens is 370 g/mol. The number of piperazine rings is 1. The van der Waals surface area contributed by atoms with Gasteiger partial charge in [0.05, 0.1) is 19.8 Å². The zero-order valence-electron chi connectivity index (χ0n) is 16.7. The molecule has 1 unspecified atom stereocenters. The molecule has 28 heavy (non-hydrogen) atoms. The van der Waals surface area contributed by atoms with Crippen molar-refractivity contribution in [2.45, 2.75) is 38.5 Å². The van der Waals surface area contributed by atoms with E-state index in [0.717, 1.165) is 5.06 Å². The van der Waals surface area contributed by atoms with Gasteiger partial charge in [-0.15, -0.1) is 0 Å². The Morgan fingerprint density at radius 1 is 1.29 bits per heavy atom. The van der Waals surface area contributed by atoms with Crippen molar-refractivity contribution in [3.63, 3.8) is 0 Å². The highest BCUT2D eigenvalue weighted by Crippen LogP contribution is 2.36. The van der Waals surface area contributed by atoms with E-state index in [2.05, 4.69) is 0 Å². The normalized spacial score (nSPS) is 24.7. The number of fused-ring (bicyclic) bond motifs is 1. The Balaban J connectivity index is 1.84. The first-order chi connectivity index (χ1) is 13.4. The summed E-state index contributed by atoms with van der Waals surface area (Å²) in [6, 6.07) is 0. The van der Waals surface area contributed by atoms with Crippen molar-refractivity contribution < 1.29 is 33.4 Å². The largest absolute Gasteiger partial charge is 0.448 e. The Morgan fingerprint density at radius 3 is 2.64 bits per heavy atom. The number of nitrogens with zero attached hydrogens (tertiary/aromatic N) is 3. The maximum absolute atomic E-state index is 13.2. The lowest BCUT2D eigenvalue weighted by Crippen LogP contribution is -2.74. The Hall–Kier alpha value is -1.91. The number of carbonyl (C=O) groups is 3. The molecular formula is C18H29N3O7. The van der Waals surface area contributed by atoms with Crippen LogP contribution in [0.4, 0.5) is 4.79 Å². The second-order valence-corrected chi connectivity index (χ2v) is 7.74. The van der Waals surface area contributed by atoms with Crippen molar-refractivity contribution in [2.75, 3.05) is 53.2 Å².